The lowest BCUT2D eigenvalue weighted by atomic mass is 10.1. The lowest BCUT2D eigenvalue weighted by Crippen LogP contribution is -2.46. The van der Waals surface area contributed by atoms with Gasteiger partial charge in [-0.1, -0.05) is 19.1 Å². The highest BCUT2D eigenvalue weighted by Gasteiger charge is 2.31. The second kappa shape index (κ2) is 5.28. The molecular formula is C13H19NO3S. The van der Waals surface area contributed by atoms with E-state index in [1.807, 2.05) is 31.2 Å². The topological polar surface area (TPSA) is 55.4 Å². The molecule has 0 aromatic heterocycles. The summed E-state index contributed by atoms with van der Waals surface area (Å²) < 4.78 is 28.9. The van der Waals surface area contributed by atoms with Gasteiger partial charge in [0.25, 0.3) is 0 Å². The molecule has 18 heavy (non-hydrogen) atoms. The molecule has 0 saturated carbocycles. The Balaban J connectivity index is 2.26. The molecule has 1 aliphatic heterocycles. The molecule has 2 rings (SSSR count). The van der Waals surface area contributed by atoms with Gasteiger partial charge in [0.2, 0.25) is 0 Å². The van der Waals surface area contributed by atoms with Gasteiger partial charge in [-0.2, -0.15) is 0 Å². The molecule has 5 heteroatoms. The highest BCUT2D eigenvalue weighted by atomic mass is 32.2. The zero-order valence-electron chi connectivity index (χ0n) is 10.7. The first-order chi connectivity index (χ1) is 8.54. The third-order valence-corrected chi connectivity index (χ3v) is 5.05. The van der Waals surface area contributed by atoms with Crippen molar-refractivity contribution in [3.8, 4) is 5.75 Å². The van der Waals surface area contributed by atoms with Gasteiger partial charge < -0.3 is 10.1 Å². The number of hydrogen-bond acceptors (Lipinski definition) is 4. The Hall–Kier alpha value is -1.07. The first kappa shape index (κ1) is 13.4. The maximum Gasteiger partial charge on any atom is 0.153 e. The Bertz CT molecular complexity index is 513. The molecule has 1 aromatic carbocycles. The van der Waals surface area contributed by atoms with E-state index in [0.29, 0.717) is 0 Å². The SMILES string of the molecule is CCC1CS(=O)(=O)CC(c2cccc(OC)c2)N1. The molecule has 0 spiro atoms. The fraction of sp³-hybridized carbons (Fsp3) is 0.538. The highest BCUT2D eigenvalue weighted by Crippen LogP contribution is 2.24. The molecule has 2 unspecified atom stereocenters. The van der Waals surface area contributed by atoms with E-state index in [4.69, 9.17) is 4.74 Å². The Morgan fingerprint density at radius 1 is 1.39 bits per heavy atom. The van der Waals surface area contributed by atoms with Gasteiger partial charge in [-0.05, 0) is 24.1 Å². The van der Waals surface area contributed by atoms with Crippen molar-refractivity contribution < 1.29 is 13.2 Å². The molecule has 1 aromatic rings. The van der Waals surface area contributed by atoms with Crippen LogP contribution in [0.5, 0.6) is 5.75 Å². The zero-order chi connectivity index (χ0) is 13.2. The maximum absolute atomic E-state index is 11.9. The van der Waals surface area contributed by atoms with Crippen molar-refractivity contribution in [2.45, 2.75) is 25.4 Å². The molecular weight excluding hydrogens is 250 g/mol. The largest absolute Gasteiger partial charge is 0.497 e. The van der Waals surface area contributed by atoms with Gasteiger partial charge in [0.15, 0.2) is 9.84 Å². The van der Waals surface area contributed by atoms with E-state index < -0.39 is 9.84 Å². The van der Waals surface area contributed by atoms with E-state index in [-0.39, 0.29) is 23.6 Å². The summed E-state index contributed by atoms with van der Waals surface area (Å²) in [5.41, 5.74) is 0.969. The minimum Gasteiger partial charge on any atom is -0.497 e. The first-order valence-corrected chi connectivity index (χ1v) is 7.96. The molecule has 4 nitrogen and oxygen atoms in total. The molecule has 0 bridgehead atoms. The van der Waals surface area contributed by atoms with Crippen LogP contribution in [0.25, 0.3) is 0 Å². The first-order valence-electron chi connectivity index (χ1n) is 6.14. The molecule has 1 fully saturated rings. The smallest absolute Gasteiger partial charge is 0.153 e. The van der Waals surface area contributed by atoms with E-state index in [9.17, 15) is 8.42 Å². The van der Waals surface area contributed by atoms with E-state index in [1.165, 1.54) is 0 Å². The van der Waals surface area contributed by atoms with Gasteiger partial charge >= 0.3 is 0 Å². The van der Waals surface area contributed by atoms with Crippen molar-refractivity contribution in [3.63, 3.8) is 0 Å². The number of benzene rings is 1. The van der Waals surface area contributed by atoms with Crippen molar-refractivity contribution in [1.82, 2.24) is 5.32 Å². The van der Waals surface area contributed by atoms with Crippen molar-refractivity contribution in [1.29, 1.82) is 0 Å². The van der Waals surface area contributed by atoms with Crippen LogP contribution in [0.2, 0.25) is 0 Å². The van der Waals surface area contributed by atoms with Gasteiger partial charge in [0.05, 0.1) is 18.6 Å². The molecule has 1 saturated heterocycles. The van der Waals surface area contributed by atoms with Gasteiger partial charge in [-0.3, -0.25) is 0 Å². The van der Waals surface area contributed by atoms with Crippen LogP contribution in [-0.4, -0.2) is 33.1 Å². The maximum atomic E-state index is 11.9. The standard InChI is InChI=1S/C13H19NO3S/c1-3-11-8-18(15,16)9-13(14-11)10-5-4-6-12(7-10)17-2/h4-7,11,13-14H,3,8-9H2,1-2H3. The number of hydrogen-bond donors (Lipinski definition) is 1. The predicted molar refractivity (Wildman–Crippen MR) is 71.6 cm³/mol. The summed E-state index contributed by atoms with van der Waals surface area (Å²) in [6.45, 7) is 2.00. The van der Waals surface area contributed by atoms with Crippen LogP contribution in [-0.2, 0) is 9.84 Å². The Morgan fingerprint density at radius 3 is 2.83 bits per heavy atom. The van der Waals surface area contributed by atoms with Crippen LogP contribution in [0.3, 0.4) is 0 Å². The van der Waals surface area contributed by atoms with E-state index >= 15 is 0 Å². The third-order valence-electron chi connectivity index (χ3n) is 3.30. The molecule has 1 aliphatic rings. The number of ether oxygens (including phenoxy) is 1. The average Bonchev–Trinajstić information content (AvgIpc) is 2.37. The van der Waals surface area contributed by atoms with E-state index in [1.54, 1.807) is 7.11 Å². The summed E-state index contributed by atoms with van der Waals surface area (Å²) >= 11 is 0. The third kappa shape index (κ3) is 3.03. The summed E-state index contributed by atoms with van der Waals surface area (Å²) in [5.74, 6) is 1.16. The molecule has 100 valence electrons. The van der Waals surface area contributed by atoms with Crippen molar-refractivity contribution >= 4 is 9.84 Å². The molecule has 0 amide bonds. The van der Waals surface area contributed by atoms with Crippen LogP contribution in [0.1, 0.15) is 24.9 Å². The summed E-state index contributed by atoms with van der Waals surface area (Å²) in [7, 11) is -1.35. The lowest BCUT2D eigenvalue weighted by molar-refractivity contribution is 0.410. The van der Waals surface area contributed by atoms with Gasteiger partial charge in [0.1, 0.15) is 5.75 Å². The molecule has 2 atom stereocenters. The average molecular weight is 269 g/mol. The molecule has 1 N–H and O–H groups in total. The lowest BCUT2D eigenvalue weighted by Gasteiger charge is -2.30. The van der Waals surface area contributed by atoms with Crippen molar-refractivity contribution in [2.75, 3.05) is 18.6 Å². The normalized spacial score (nSPS) is 26.8. The zero-order valence-corrected chi connectivity index (χ0v) is 11.5. The number of methoxy groups -OCH3 is 1. The Labute approximate surface area is 108 Å². The number of rotatable bonds is 3. The van der Waals surface area contributed by atoms with Gasteiger partial charge in [-0.15, -0.1) is 0 Å². The van der Waals surface area contributed by atoms with E-state index in [2.05, 4.69) is 5.32 Å². The quantitative estimate of drug-likeness (QED) is 0.904. The highest BCUT2D eigenvalue weighted by molar-refractivity contribution is 7.91. The predicted octanol–water partition coefficient (Wildman–Crippen LogP) is 1.53. The van der Waals surface area contributed by atoms with Crippen LogP contribution in [0, 0.1) is 0 Å². The molecule has 1 heterocycles. The molecule has 0 radical (unpaired) electrons. The number of nitrogens with one attached hydrogen (secondary N) is 1. The second-order valence-electron chi connectivity index (χ2n) is 4.68. The van der Waals surface area contributed by atoms with Crippen molar-refractivity contribution in [2.24, 2.45) is 0 Å². The Kier molecular flexibility index (Phi) is 3.92. The van der Waals surface area contributed by atoms with Crippen molar-refractivity contribution in [3.05, 3.63) is 29.8 Å². The monoisotopic (exact) mass is 269 g/mol. The summed E-state index contributed by atoms with van der Waals surface area (Å²) in [6.07, 6.45) is 0.819. The summed E-state index contributed by atoms with van der Waals surface area (Å²) in [4.78, 5) is 0. The van der Waals surface area contributed by atoms with Crippen LogP contribution >= 0.6 is 0 Å². The minimum atomic E-state index is -2.96. The Morgan fingerprint density at radius 2 is 2.17 bits per heavy atom. The summed E-state index contributed by atoms with van der Waals surface area (Å²) in [6, 6.07) is 7.48. The minimum absolute atomic E-state index is 0.0416. The van der Waals surface area contributed by atoms with Gasteiger partial charge in [0, 0.05) is 12.1 Å². The van der Waals surface area contributed by atoms with Crippen LogP contribution in [0.15, 0.2) is 24.3 Å². The second-order valence-corrected chi connectivity index (χ2v) is 6.83. The fourth-order valence-electron chi connectivity index (χ4n) is 2.30. The van der Waals surface area contributed by atoms with Gasteiger partial charge in [-0.25, -0.2) is 8.42 Å². The van der Waals surface area contributed by atoms with E-state index in [0.717, 1.165) is 17.7 Å². The van der Waals surface area contributed by atoms with Crippen LogP contribution in [0.4, 0.5) is 0 Å². The number of sulfone groups is 1. The van der Waals surface area contributed by atoms with Crippen LogP contribution < -0.4 is 10.1 Å². The fourth-order valence-corrected chi connectivity index (χ4v) is 4.17. The summed E-state index contributed by atoms with van der Waals surface area (Å²) in [5, 5.41) is 3.39. The molecule has 0 aliphatic carbocycles.